The average Bonchev–Trinajstić information content (AvgIpc) is 3.04. The van der Waals surface area contributed by atoms with Gasteiger partial charge in [0.15, 0.2) is 0 Å². The van der Waals surface area contributed by atoms with E-state index in [9.17, 15) is 14.7 Å². The molecule has 2 heterocycles. The molecule has 1 saturated carbocycles. The topological polar surface area (TPSA) is 100 Å². The minimum Gasteiger partial charge on any atom is -0.480 e. The fourth-order valence-electron chi connectivity index (χ4n) is 3.41. The standard InChI is InChI=1S/C12H17N5O3/c1-16-11(13-6-14-16)15-12(20)17-5-7-3-2-4-8(7)9(17)10(18)19/h6-9H,2-5H2,1H3,(H,18,19)(H,13,14,15,20). The second kappa shape index (κ2) is 4.77. The maximum absolute atomic E-state index is 12.3. The highest BCUT2D eigenvalue weighted by molar-refractivity contribution is 5.91. The molecule has 0 spiro atoms. The van der Waals surface area contributed by atoms with Crippen LogP contribution in [0.25, 0.3) is 0 Å². The summed E-state index contributed by atoms with van der Waals surface area (Å²) in [5.74, 6) is -0.220. The molecule has 2 fully saturated rings. The Bertz CT molecular complexity index is 543. The second-order valence-electron chi connectivity index (χ2n) is 5.43. The van der Waals surface area contributed by atoms with Crippen molar-refractivity contribution in [3.63, 3.8) is 0 Å². The third-order valence-corrected chi connectivity index (χ3v) is 4.33. The van der Waals surface area contributed by atoms with E-state index in [0.717, 1.165) is 19.3 Å². The fraction of sp³-hybridized carbons (Fsp3) is 0.667. The van der Waals surface area contributed by atoms with Gasteiger partial charge in [0.05, 0.1) is 0 Å². The highest BCUT2D eigenvalue weighted by Gasteiger charge is 2.49. The van der Waals surface area contributed by atoms with Crippen molar-refractivity contribution in [3.05, 3.63) is 6.33 Å². The lowest BCUT2D eigenvalue weighted by Crippen LogP contribution is -2.45. The molecule has 0 radical (unpaired) electrons. The van der Waals surface area contributed by atoms with Crippen molar-refractivity contribution in [2.24, 2.45) is 18.9 Å². The van der Waals surface area contributed by atoms with Crippen molar-refractivity contribution < 1.29 is 14.7 Å². The lowest BCUT2D eigenvalue weighted by atomic mass is 9.94. The maximum atomic E-state index is 12.3. The number of nitrogens with one attached hydrogen (secondary N) is 1. The molecule has 1 aliphatic heterocycles. The Kier molecular flexibility index (Phi) is 3.07. The van der Waals surface area contributed by atoms with Gasteiger partial charge in [0, 0.05) is 13.6 Å². The number of carbonyl (C=O) groups is 2. The number of urea groups is 1. The van der Waals surface area contributed by atoms with Gasteiger partial charge in [-0.1, -0.05) is 6.42 Å². The van der Waals surface area contributed by atoms with E-state index < -0.39 is 18.0 Å². The first-order valence-corrected chi connectivity index (χ1v) is 6.72. The van der Waals surface area contributed by atoms with Crippen molar-refractivity contribution in [2.75, 3.05) is 11.9 Å². The van der Waals surface area contributed by atoms with Gasteiger partial charge < -0.3 is 10.0 Å². The minimum absolute atomic E-state index is 0.0812. The molecule has 1 aromatic heterocycles. The number of hydrogen-bond donors (Lipinski definition) is 2. The number of carbonyl (C=O) groups excluding carboxylic acids is 1. The van der Waals surface area contributed by atoms with Crippen LogP contribution in [0.4, 0.5) is 10.7 Å². The molecule has 0 aromatic carbocycles. The van der Waals surface area contributed by atoms with Crippen LogP contribution < -0.4 is 5.32 Å². The number of amides is 2. The van der Waals surface area contributed by atoms with E-state index in [4.69, 9.17) is 0 Å². The van der Waals surface area contributed by atoms with Gasteiger partial charge in [-0.15, -0.1) is 0 Å². The Hall–Kier alpha value is -2.12. The zero-order valence-electron chi connectivity index (χ0n) is 11.2. The first-order valence-electron chi connectivity index (χ1n) is 6.72. The van der Waals surface area contributed by atoms with Crippen molar-refractivity contribution in [2.45, 2.75) is 25.3 Å². The fourth-order valence-corrected chi connectivity index (χ4v) is 3.41. The van der Waals surface area contributed by atoms with Crippen LogP contribution in [0.2, 0.25) is 0 Å². The molecule has 3 atom stereocenters. The van der Waals surface area contributed by atoms with E-state index in [1.807, 2.05) is 0 Å². The van der Waals surface area contributed by atoms with Gasteiger partial charge in [-0.2, -0.15) is 10.1 Å². The number of aryl methyl sites for hydroxylation is 1. The minimum atomic E-state index is -0.924. The molecule has 1 saturated heterocycles. The van der Waals surface area contributed by atoms with Gasteiger partial charge in [0.25, 0.3) is 0 Å². The third kappa shape index (κ3) is 2.00. The Labute approximate surface area is 115 Å². The summed E-state index contributed by atoms with van der Waals surface area (Å²) in [4.78, 5) is 29.1. The summed E-state index contributed by atoms with van der Waals surface area (Å²) in [5, 5.41) is 15.9. The summed E-state index contributed by atoms with van der Waals surface area (Å²) in [7, 11) is 1.66. The SMILES string of the molecule is Cn1ncnc1NC(=O)N1CC2CCCC2C1C(=O)O. The highest BCUT2D eigenvalue weighted by atomic mass is 16.4. The zero-order valence-corrected chi connectivity index (χ0v) is 11.2. The number of anilines is 1. The van der Waals surface area contributed by atoms with Gasteiger partial charge in [0.1, 0.15) is 12.4 Å². The molecule has 108 valence electrons. The summed E-state index contributed by atoms with van der Waals surface area (Å²) >= 11 is 0. The molecule has 2 aliphatic rings. The molecular formula is C12H17N5O3. The first-order chi connectivity index (χ1) is 9.58. The number of carboxylic acids is 1. The number of likely N-dealkylation sites (tertiary alicyclic amines) is 1. The summed E-state index contributed by atoms with van der Waals surface area (Å²) in [5.41, 5.74) is 0. The van der Waals surface area contributed by atoms with E-state index in [1.165, 1.54) is 15.9 Å². The van der Waals surface area contributed by atoms with Crippen molar-refractivity contribution in [1.29, 1.82) is 0 Å². The predicted molar refractivity (Wildman–Crippen MR) is 69.0 cm³/mol. The van der Waals surface area contributed by atoms with E-state index >= 15 is 0 Å². The molecule has 1 aliphatic carbocycles. The summed E-state index contributed by atoms with van der Waals surface area (Å²) in [6.07, 6.45) is 4.28. The van der Waals surface area contributed by atoms with Gasteiger partial charge >= 0.3 is 12.0 Å². The van der Waals surface area contributed by atoms with Crippen LogP contribution in [-0.4, -0.2) is 49.4 Å². The van der Waals surface area contributed by atoms with Gasteiger partial charge in [0.2, 0.25) is 5.95 Å². The van der Waals surface area contributed by atoms with Crippen LogP contribution in [-0.2, 0) is 11.8 Å². The molecule has 1 aromatic rings. The number of rotatable bonds is 2. The Morgan fingerprint density at radius 2 is 2.25 bits per heavy atom. The second-order valence-corrected chi connectivity index (χ2v) is 5.43. The lowest BCUT2D eigenvalue weighted by Gasteiger charge is -2.24. The molecule has 20 heavy (non-hydrogen) atoms. The average molecular weight is 279 g/mol. The van der Waals surface area contributed by atoms with Crippen molar-refractivity contribution >= 4 is 17.9 Å². The molecule has 3 unspecified atom stereocenters. The monoisotopic (exact) mass is 279 g/mol. The molecular weight excluding hydrogens is 262 g/mol. The number of nitrogens with zero attached hydrogens (tertiary/aromatic N) is 4. The molecule has 8 heteroatoms. The molecule has 2 amide bonds. The van der Waals surface area contributed by atoms with Crippen LogP contribution in [0, 0.1) is 11.8 Å². The molecule has 2 N–H and O–H groups in total. The van der Waals surface area contributed by atoms with Crippen molar-refractivity contribution in [1.82, 2.24) is 19.7 Å². The van der Waals surface area contributed by atoms with E-state index in [0.29, 0.717) is 18.4 Å². The van der Waals surface area contributed by atoms with Crippen LogP contribution in [0.1, 0.15) is 19.3 Å². The Balaban J connectivity index is 1.77. The van der Waals surface area contributed by atoms with Gasteiger partial charge in [-0.3, -0.25) is 5.32 Å². The normalized spacial score (nSPS) is 28.4. The first kappa shape index (κ1) is 12.9. The Morgan fingerprint density at radius 1 is 1.45 bits per heavy atom. The molecule has 0 bridgehead atoms. The molecule has 8 nitrogen and oxygen atoms in total. The third-order valence-electron chi connectivity index (χ3n) is 4.33. The Morgan fingerprint density at radius 3 is 2.90 bits per heavy atom. The predicted octanol–water partition coefficient (Wildman–Crippen LogP) is 0.532. The van der Waals surface area contributed by atoms with Crippen LogP contribution in [0.5, 0.6) is 0 Å². The van der Waals surface area contributed by atoms with Gasteiger partial charge in [-0.05, 0) is 24.7 Å². The number of hydrogen-bond acceptors (Lipinski definition) is 4. The van der Waals surface area contributed by atoms with E-state index in [1.54, 1.807) is 7.05 Å². The van der Waals surface area contributed by atoms with Crippen LogP contribution in [0.15, 0.2) is 6.33 Å². The van der Waals surface area contributed by atoms with Gasteiger partial charge in [-0.25, -0.2) is 14.3 Å². The summed E-state index contributed by atoms with van der Waals surface area (Å²) < 4.78 is 1.44. The summed E-state index contributed by atoms with van der Waals surface area (Å²) in [6, 6.07) is -1.14. The summed E-state index contributed by atoms with van der Waals surface area (Å²) in [6.45, 7) is 0.505. The number of aliphatic carboxylic acids is 1. The number of carboxylic acid groups (broad SMARTS) is 1. The maximum Gasteiger partial charge on any atom is 0.326 e. The van der Waals surface area contributed by atoms with E-state index in [-0.39, 0.29) is 5.92 Å². The van der Waals surface area contributed by atoms with Crippen LogP contribution in [0.3, 0.4) is 0 Å². The number of fused-ring (bicyclic) bond motifs is 1. The van der Waals surface area contributed by atoms with E-state index in [2.05, 4.69) is 15.4 Å². The number of aromatic nitrogens is 3. The highest BCUT2D eigenvalue weighted by Crippen LogP contribution is 2.42. The quantitative estimate of drug-likeness (QED) is 0.822. The molecule has 3 rings (SSSR count). The van der Waals surface area contributed by atoms with Crippen LogP contribution >= 0.6 is 0 Å². The van der Waals surface area contributed by atoms with Crippen molar-refractivity contribution in [3.8, 4) is 0 Å². The largest absolute Gasteiger partial charge is 0.480 e. The zero-order chi connectivity index (χ0) is 14.3. The lowest BCUT2D eigenvalue weighted by molar-refractivity contribution is -0.142. The smallest absolute Gasteiger partial charge is 0.326 e.